The molecule has 0 radical (unpaired) electrons. The topological polar surface area (TPSA) is 93.9 Å². The zero-order valence-electron chi connectivity index (χ0n) is 8.03. The van der Waals surface area contributed by atoms with E-state index in [9.17, 15) is 14.7 Å². The van der Waals surface area contributed by atoms with Gasteiger partial charge in [-0.3, -0.25) is 0 Å². The van der Waals surface area contributed by atoms with Crippen molar-refractivity contribution in [1.29, 1.82) is 0 Å². The zero-order chi connectivity index (χ0) is 11.0. The van der Waals surface area contributed by atoms with Gasteiger partial charge < -0.3 is 18.9 Å². The molecule has 2 fully saturated rings. The van der Waals surface area contributed by atoms with Crippen LogP contribution in [0.1, 0.15) is 0 Å². The van der Waals surface area contributed by atoms with Crippen molar-refractivity contribution in [2.75, 3.05) is 19.5 Å². The maximum absolute atomic E-state index is 11.3. The van der Waals surface area contributed by atoms with E-state index < -0.39 is 28.5 Å². The first-order valence-corrected chi connectivity index (χ1v) is 6.08. The smallest absolute Gasteiger partial charge is 0.294 e. The Labute approximate surface area is 89.0 Å². The monoisotopic (exact) mass is 237 g/mol. The first kappa shape index (κ1) is 10.9. The highest BCUT2D eigenvalue weighted by atomic mass is 32.2. The van der Waals surface area contributed by atoms with Crippen LogP contribution in [-0.4, -0.2) is 52.7 Å². The number of hydrogen-bond acceptors (Lipinski definition) is 6. The van der Waals surface area contributed by atoms with Crippen LogP contribution in [0.4, 0.5) is 0 Å². The van der Waals surface area contributed by atoms with E-state index in [1.54, 1.807) is 6.26 Å². The van der Waals surface area contributed by atoms with E-state index in [0.29, 0.717) is 6.61 Å². The molecule has 86 valence electrons. The lowest BCUT2D eigenvalue weighted by Gasteiger charge is -2.16. The quantitative estimate of drug-likeness (QED) is 0.359. The largest absolute Gasteiger partial charge is 0.616 e. The third-order valence-corrected chi connectivity index (χ3v) is 3.87. The summed E-state index contributed by atoms with van der Waals surface area (Å²) in [5, 5.41) is 9.11. The standard InChI is InChI=1S/C7H11NO6S/c1-15(11)5-3-13-6-4(14-8(9)10)2-12-7(5)6/h4-7H,2-3H2,1H3/t4-,5+,6-,7-,15+/m1/s1. The lowest BCUT2D eigenvalue weighted by molar-refractivity contribution is -0.769. The Kier molecular flexibility index (Phi) is 3.01. The average molecular weight is 237 g/mol. The van der Waals surface area contributed by atoms with E-state index in [4.69, 9.17) is 9.47 Å². The van der Waals surface area contributed by atoms with Crippen molar-refractivity contribution in [3.8, 4) is 0 Å². The highest BCUT2D eigenvalue weighted by Crippen LogP contribution is 2.31. The molecule has 0 N–H and O–H groups in total. The summed E-state index contributed by atoms with van der Waals surface area (Å²) in [5.74, 6) is 0. The van der Waals surface area contributed by atoms with E-state index in [0.717, 1.165) is 0 Å². The molecular formula is C7H11NO6S. The van der Waals surface area contributed by atoms with E-state index >= 15 is 0 Å². The molecule has 0 aromatic heterocycles. The van der Waals surface area contributed by atoms with Gasteiger partial charge in [-0.1, -0.05) is 0 Å². The Bertz CT molecular complexity index is 262. The van der Waals surface area contributed by atoms with Gasteiger partial charge in [0.25, 0.3) is 5.09 Å². The number of ether oxygens (including phenoxy) is 2. The third kappa shape index (κ3) is 2.03. The predicted molar refractivity (Wildman–Crippen MR) is 49.2 cm³/mol. The van der Waals surface area contributed by atoms with Gasteiger partial charge in [0.1, 0.15) is 12.2 Å². The third-order valence-electron chi connectivity index (χ3n) is 2.61. The Morgan fingerprint density at radius 1 is 1.40 bits per heavy atom. The van der Waals surface area contributed by atoms with Crippen LogP contribution in [0.3, 0.4) is 0 Å². The average Bonchev–Trinajstić information content (AvgIpc) is 2.66. The summed E-state index contributed by atoms with van der Waals surface area (Å²) in [4.78, 5) is 14.6. The molecule has 5 atom stereocenters. The molecule has 0 aliphatic carbocycles. The van der Waals surface area contributed by atoms with E-state index in [1.807, 2.05) is 0 Å². The molecule has 2 heterocycles. The maximum atomic E-state index is 11.3. The van der Waals surface area contributed by atoms with Gasteiger partial charge in [0.05, 0.1) is 19.5 Å². The second-order valence-corrected chi connectivity index (χ2v) is 5.10. The normalized spacial score (nSPS) is 41.2. The second kappa shape index (κ2) is 4.12. The lowest BCUT2D eigenvalue weighted by atomic mass is 10.1. The zero-order valence-corrected chi connectivity index (χ0v) is 8.85. The highest BCUT2D eigenvalue weighted by Gasteiger charge is 2.53. The summed E-state index contributed by atoms with van der Waals surface area (Å²) in [5.41, 5.74) is 0. The van der Waals surface area contributed by atoms with E-state index in [1.165, 1.54) is 0 Å². The molecule has 0 aromatic rings. The minimum absolute atomic E-state index is 0.115. The number of hydrogen-bond donors (Lipinski definition) is 0. The van der Waals surface area contributed by atoms with Crippen molar-refractivity contribution in [2.24, 2.45) is 0 Å². The molecule has 0 spiro atoms. The summed E-state index contributed by atoms with van der Waals surface area (Å²) in [7, 11) is 0. The number of fused-ring (bicyclic) bond motifs is 1. The van der Waals surface area contributed by atoms with Crippen LogP contribution in [0.5, 0.6) is 0 Å². The summed E-state index contributed by atoms with van der Waals surface area (Å²) in [6.07, 6.45) is 0.0604. The fraction of sp³-hybridized carbons (Fsp3) is 1.00. The van der Waals surface area contributed by atoms with Gasteiger partial charge >= 0.3 is 0 Å². The molecule has 15 heavy (non-hydrogen) atoms. The lowest BCUT2D eigenvalue weighted by Crippen LogP contribution is -2.37. The maximum Gasteiger partial charge on any atom is 0.294 e. The molecule has 2 saturated heterocycles. The molecule has 2 aliphatic rings. The molecule has 0 unspecified atom stereocenters. The molecule has 0 saturated carbocycles. The van der Waals surface area contributed by atoms with Crippen molar-refractivity contribution in [3.63, 3.8) is 0 Å². The summed E-state index contributed by atoms with van der Waals surface area (Å²) >= 11 is -1.05. The number of rotatable bonds is 3. The van der Waals surface area contributed by atoms with Crippen molar-refractivity contribution < 1.29 is 24.0 Å². The fourth-order valence-electron chi connectivity index (χ4n) is 1.91. The van der Waals surface area contributed by atoms with Crippen molar-refractivity contribution >= 4 is 11.2 Å². The van der Waals surface area contributed by atoms with Crippen molar-refractivity contribution in [1.82, 2.24) is 0 Å². The predicted octanol–water partition coefficient (Wildman–Crippen LogP) is -0.892. The van der Waals surface area contributed by atoms with E-state index in [-0.39, 0.29) is 18.0 Å². The van der Waals surface area contributed by atoms with E-state index in [2.05, 4.69) is 4.84 Å². The Balaban J connectivity index is 1.99. The van der Waals surface area contributed by atoms with Gasteiger partial charge in [0.15, 0.2) is 11.4 Å². The second-order valence-electron chi connectivity index (χ2n) is 3.50. The molecule has 8 heteroatoms. The van der Waals surface area contributed by atoms with Gasteiger partial charge in [-0.15, -0.1) is 10.1 Å². The summed E-state index contributed by atoms with van der Waals surface area (Å²) < 4.78 is 21.9. The van der Waals surface area contributed by atoms with Crippen LogP contribution < -0.4 is 0 Å². The minimum atomic E-state index is -1.05. The molecule has 0 amide bonds. The van der Waals surface area contributed by atoms with Crippen molar-refractivity contribution in [2.45, 2.75) is 23.6 Å². The van der Waals surface area contributed by atoms with Gasteiger partial charge in [0, 0.05) is 0 Å². The van der Waals surface area contributed by atoms with Gasteiger partial charge in [0.2, 0.25) is 0 Å². The molecule has 2 rings (SSSR count). The van der Waals surface area contributed by atoms with Crippen molar-refractivity contribution in [3.05, 3.63) is 10.1 Å². The Morgan fingerprint density at radius 3 is 2.67 bits per heavy atom. The Morgan fingerprint density at radius 2 is 2.07 bits per heavy atom. The minimum Gasteiger partial charge on any atom is -0.616 e. The Hall–Kier alpha value is -0.570. The first-order chi connectivity index (χ1) is 7.09. The van der Waals surface area contributed by atoms with Gasteiger partial charge in [-0.05, 0) is 11.2 Å². The van der Waals surface area contributed by atoms with Crippen LogP contribution in [0.2, 0.25) is 0 Å². The highest BCUT2D eigenvalue weighted by molar-refractivity contribution is 7.91. The molecular weight excluding hydrogens is 226 g/mol. The molecule has 0 bridgehead atoms. The van der Waals surface area contributed by atoms with Crippen LogP contribution in [0.25, 0.3) is 0 Å². The van der Waals surface area contributed by atoms with Gasteiger partial charge in [-0.2, -0.15) is 0 Å². The van der Waals surface area contributed by atoms with Crippen LogP contribution in [0.15, 0.2) is 0 Å². The molecule has 7 nitrogen and oxygen atoms in total. The summed E-state index contributed by atoms with van der Waals surface area (Å²) in [6.45, 7) is 0.417. The molecule has 0 aromatic carbocycles. The number of nitrogens with zero attached hydrogens (tertiary/aromatic N) is 1. The first-order valence-electron chi connectivity index (χ1n) is 4.46. The van der Waals surface area contributed by atoms with Crippen LogP contribution >= 0.6 is 0 Å². The summed E-state index contributed by atoms with van der Waals surface area (Å²) in [6, 6.07) is 0. The van der Waals surface area contributed by atoms with Crippen LogP contribution in [0, 0.1) is 10.1 Å². The molecule has 2 aliphatic heterocycles. The SMILES string of the molecule is C[S@+]([O-])[C@H]1CO[C@H]2[C@@H]1OC[C@H]2O[N+](=O)[O-]. The van der Waals surface area contributed by atoms with Gasteiger partial charge in [-0.25, -0.2) is 0 Å². The fourth-order valence-corrected chi connectivity index (χ4v) is 2.80. The van der Waals surface area contributed by atoms with Crippen LogP contribution in [-0.2, 0) is 25.5 Å².